The molecule has 0 spiro atoms. The third-order valence-corrected chi connectivity index (χ3v) is 4.40. The van der Waals surface area contributed by atoms with Crippen molar-refractivity contribution in [1.82, 2.24) is 19.5 Å². The van der Waals surface area contributed by atoms with Gasteiger partial charge in [0.25, 0.3) is 5.91 Å². The highest BCUT2D eigenvalue weighted by Crippen LogP contribution is 2.46. The molecule has 1 N–H and O–H groups in total. The first-order valence-corrected chi connectivity index (χ1v) is 7.40. The molecule has 2 aliphatic heterocycles. The Hall–Kier alpha value is -2.65. The highest BCUT2D eigenvalue weighted by Gasteiger charge is 2.56. The van der Waals surface area contributed by atoms with E-state index in [2.05, 4.69) is 20.3 Å². The van der Waals surface area contributed by atoms with Crippen molar-refractivity contribution in [2.75, 3.05) is 16.8 Å². The minimum absolute atomic E-state index is 0.141. The second kappa shape index (κ2) is 4.92. The number of hydrogen-bond donors (Lipinski definition) is 1. The first-order chi connectivity index (χ1) is 11.4. The summed E-state index contributed by atoms with van der Waals surface area (Å²) in [6.45, 7) is 0.344. The van der Waals surface area contributed by atoms with Crippen LogP contribution in [0.15, 0.2) is 24.9 Å². The summed E-state index contributed by atoms with van der Waals surface area (Å²) in [6.07, 6.45) is 1.08. The zero-order valence-corrected chi connectivity index (χ0v) is 12.4. The van der Waals surface area contributed by atoms with Gasteiger partial charge < -0.3 is 10.2 Å². The fourth-order valence-electron chi connectivity index (χ4n) is 3.42. The molecule has 0 aliphatic carbocycles. The first-order valence-electron chi connectivity index (χ1n) is 7.40. The number of alkyl halides is 3. The highest BCUT2D eigenvalue weighted by atomic mass is 19.4. The van der Waals surface area contributed by atoms with E-state index >= 15 is 0 Å². The van der Waals surface area contributed by atoms with Crippen LogP contribution in [0.4, 0.5) is 24.7 Å². The van der Waals surface area contributed by atoms with Crippen LogP contribution in [-0.4, -0.2) is 43.7 Å². The molecular formula is C14H13F3N6O. The average Bonchev–Trinajstić information content (AvgIpc) is 3.15. The molecule has 0 saturated carbocycles. The number of halogens is 3. The van der Waals surface area contributed by atoms with Crippen molar-refractivity contribution in [3.8, 4) is 5.95 Å². The fraction of sp³-hybridized carbons (Fsp3) is 0.429. The number of nitrogens with zero attached hydrogens (tertiary/aromatic N) is 5. The molecular weight excluding hydrogens is 325 g/mol. The molecule has 1 atom stereocenters. The summed E-state index contributed by atoms with van der Waals surface area (Å²) in [5.41, 5.74) is -1.31. The van der Waals surface area contributed by atoms with Gasteiger partial charge in [-0.05, 0) is 12.8 Å². The molecule has 0 bridgehead atoms. The maximum Gasteiger partial charge on any atom is 0.391 e. The van der Waals surface area contributed by atoms with Gasteiger partial charge in [0, 0.05) is 18.9 Å². The molecule has 126 valence electrons. The summed E-state index contributed by atoms with van der Waals surface area (Å²) in [5.74, 6) is -0.0472. The number of aromatic nitrogens is 4. The van der Waals surface area contributed by atoms with E-state index in [4.69, 9.17) is 0 Å². The molecule has 2 aromatic rings. The Labute approximate surface area is 134 Å². The maximum absolute atomic E-state index is 13.1. The Morgan fingerprint density at radius 3 is 2.92 bits per heavy atom. The standard InChI is InChI=1S/C14H13F3N6O/c15-14(16,17)7-13-2-1-4-23(13)10-9(20-11(13)24)6-19-12(21-10)22-5-3-18-8-22/h3,5-6,8H,1-2,4,7H2,(H,20,24). The van der Waals surface area contributed by atoms with Gasteiger partial charge in [0.05, 0.1) is 12.6 Å². The monoisotopic (exact) mass is 338 g/mol. The first kappa shape index (κ1) is 14.9. The molecule has 0 radical (unpaired) electrons. The quantitative estimate of drug-likeness (QED) is 0.905. The van der Waals surface area contributed by atoms with Gasteiger partial charge in [-0.25, -0.2) is 9.97 Å². The fourth-order valence-corrected chi connectivity index (χ4v) is 3.42. The van der Waals surface area contributed by atoms with Crippen molar-refractivity contribution in [2.24, 2.45) is 0 Å². The molecule has 0 aromatic carbocycles. The minimum atomic E-state index is -4.45. The molecule has 1 amide bonds. The van der Waals surface area contributed by atoms with Crippen LogP contribution in [0.2, 0.25) is 0 Å². The van der Waals surface area contributed by atoms with Gasteiger partial charge >= 0.3 is 6.18 Å². The van der Waals surface area contributed by atoms with Gasteiger partial charge in [-0.3, -0.25) is 9.36 Å². The zero-order chi connectivity index (χ0) is 16.9. The van der Waals surface area contributed by atoms with Crippen molar-refractivity contribution >= 4 is 17.4 Å². The van der Waals surface area contributed by atoms with Gasteiger partial charge in [-0.1, -0.05) is 0 Å². The SMILES string of the molecule is O=C1Nc2cnc(-n3ccnc3)nc2N2CCCC12CC(F)(F)F. The van der Waals surface area contributed by atoms with Gasteiger partial charge in [-0.2, -0.15) is 18.2 Å². The third-order valence-electron chi connectivity index (χ3n) is 4.40. The Bertz CT molecular complexity index is 790. The Morgan fingerprint density at radius 1 is 1.38 bits per heavy atom. The summed E-state index contributed by atoms with van der Waals surface area (Å²) in [6, 6.07) is 0. The predicted molar refractivity (Wildman–Crippen MR) is 77.8 cm³/mol. The van der Waals surface area contributed by atoms with E-state index in [1.165, 1.54) is 17.4 Å². The van der Waals surface area contributed by atoms with Crippen LogP contribution >= 0.6 is 0 Å². The van der Waals surface area contributed by atoms with E-state index in [0.29, 0.717) is 24.5 Å². The van der Waals surface area contributed by atoms with Crippen molar-refractivity contribution in [3.63, 3.8) is 0 Å². The second-order valence-corrected chi connectivity index (χ2v) is 5.91. The summed E-state index contributed by atoms with van der Waals surface area (Å²) >= 11 is 0. The number of amides is 1. The smallest absolute Gasteiger partial charge is 0.340 e. The number of rotatable bonds is 2. The molecule has 24 heavy (non-hydrogen) atoms. The largest absolute Gasteiger partial charge is 0.391 e. The van der Waals surface area contributed by atoms with E-state index in [-0.39, 0.29) is 12.4 Å². The lowest BCUT2D eigenvalue weighted by molar-refractivity contribution is -0.155. The van der Waals surface area contributed by atoms with Gasteiger partial charge in [0.2, 0.25) is 5.95 Å². The van der Waals surface area contributed by atoms with Crippen LogP contribution in [-0.2, 0) is 4.79 Å². The van der Waals surface area contributed by atoms with Crippen molar-refractivity contribution in [1.29, 1.82) is 0 Å². The number of fused-ring (bicyclic) bond motifs is 3. The summed E-state index contributed by atoms with van der Waals surface area (Å²) in [7, 11) is 0. The second-order valence-electron chi connectivity index (χ2n) is 5.91. The van der Waals surface area contributed by atoms with Crippen LogP contribution in [0, 0.1) is 0 Å². The lowest BCUT2D eigenvalue weighted by Crippen LogP contribution is -2.58. The lowest BCUT2D eigenvalue weighted by Gasteiger charge is -2.42. The topological polar surface area (TPSA) is 75.9 Å². The van der Waals surface area contributed by atoms with Crippen LogP contribution in [0.25, 0.3) is 5.95 Å². The number of anilines is 2. The molecule has 1 saturated heterocycles. The Morgan fingerprint density at radius 2 is 2.21 bits per heavy atom. The van der Waals surface area contributed by atoms with E-state index in [0.717, 1.165) is 0 Å². The molecule has 7 nitrogen and oxygen atoms in total. The zero-order valence-electron chi connectivity index (χ0n) is 12.4. The van der Waals surface area contributed by atoms with Crippen molar-refractivity contribution in [3.05, 3.63) is 24.9 Å². The number of imidazole rings is 1. The third kappa shape index (κ3) is 2.21. The van der Waals surface area contributed by atoms with E-state index in [1.54, 1.807) is 17.0 Å². The summed E-state index contributed by atoms with van der Waals surface area (Å²) < 4.78 is 40.8. The minimum Gasteiger partial charge on any atom is -0.340 e. The van der Waals surface area contributed by atoms with Gasteiger partial charge in [0.1, 0.15) is 17.6 Å². The van der Waals surface area contributed by atoms with E-state index in [1.807, 2.05) is 0 Å². The van der Waals surface area contributed by atoms with Crippen LogP contribution in [0.1, 0.15) is 19.3 Å². The summed E-state index contributed by atoms with van der Waals surface area (Å²) in [4.78, 5) is 26.3. The average molecular weight is 338 g/mol. The van der Waals surface area contributed by atoms with E-state index < -0.39 is 24.0 Å². The molecule has 4 rings (SSSR count). The molecule has 1 unspecified atom stereocenters. The lowest BCUT2D eigenvalue weighted by atomic mass is 9.88. The Kier molecular flexibility index (Phi) is 3.06. The normalized spacial score (nSPS) is 23.0. The summed E-state index contributed by atoms with van der Waals surface area (Å²) in [5, 5.41) is 2.54. The Balaban J connectivity index is 1.80. The molecule has 10 heteroatoms. The van der Waals surface area contributed by atoms with Crippen LogP contribution < -0.4 is 10.2 Å². The molecule has 2 aliphatic rings. The maximum atomic E-state index is 13.1. The number of hydrogen-bond acceptors (Lipinski definition) is 5. The van der Waals surface area contributed by atoms with Crippen LogP contribution in [0.5, 0.6) is 0 Å². The number of carbonyl (C=O) groups excluding carboxylic acids is 1. The van der Waals surface area contributed by atoms with Crippen molar-refractivity contribution < 1.29 is 18.0 Å². The van der Waals surface area contributed by atoms with Gasteiger partial charge in [-0.15, -0.1) is 0 Å². The number of carbonyl (C=O) groups is 1. The van der Waals surface area contributed by atoms with Crippen LogP contribution in [0.3, 0.4) is 0 Å². The van der Waals surface area contributed by atoms with E-state index in [9.17, 15) is 18.0 Å². The predicted octanol–water partition coefficient (Wildman–Crippen LogP) is 1.91. The highest BCUT2D eigenvalue weighted by molar-refractivity contribution is 6.06. The number of nitrogens with one attached hydrogen (secondary N) is 1. The van der Waals surface area contributed by atoms with Gasteiger partial charge in [0.15, 0.2) is 5.82 Å². The molecule has 4 heterocycles. The molecule has 2 aromatic heterocycles. The molecule has 1 fully saturated rings. The van der Waals surface area contributed by atoms with Crippen molar-refractivity contribution in [2.45, 2.75) is 31.0 Å².